The first-order chi connectivity index (χ1) is 11.3. The summed E-state index contributed by atoms with van der Waals surface area (Å²) < 4.78 is 0. The number of unbranched alkanes of at least 4 members (excludes halogenated alkanes) is 6. The summed E-state index contributed by atoms with van der Waals surface area (Å²) >= 11 is 0. The van der Waals surface area contributed by atoms with Crippen LogP contribution in [0.3, 0.4) is 0 Å². The fraction of sp³-hybridized carbons (Fsp3) is 0.833. The second-order valence-corrected chi connectivity index (χ2v) is 5.49. The van der Waals surface area contributed by atoms with Gasteiger partial charge in [-0.15, -0.1) is 0 Å². The molecule has 0 aliphatic heterocycles. The third kappa shape index (κ3) is 51.7. The van der Waals surface area contributed by atoms with Gasteiger partial charge in [-0.05, 0) is 38.5 Å². The molecule has 0 aliphatic carbocycles. The van der Waals surface area contributed by atoms with Crippen LogP contribution >= 0.6 is 0 Å². The first kappa shape index (κ1) is 31.9. The van der Waals surface area contributed by atoms with E-state index < -0.39 is 17.9 Å². The average molecular weight is 542 g/mol. The molecule has 0 spiro atoms. The predicted octanol–water partition coefficient (Wildman–Crippen LogP) is 0.947. The number of rotatable bonds is 12. The van der Waals surface area contributed by atoms with Crippen LogP contribution in [0.2, 0.25) is 0 Å². The molecule has 0 N–H and O–H groups in total. The minimum Gasteiger partial charge on any atom is -0.550 e. The van der Waals surface area contributed by atoms with Crippen LogP contribution in [0.15, 0.2) is 0 Å². The molecule has 7 heteroatoms. The second-order valence-electron chi connectivity index (χ2n) is 5.49. The van der Waals surface area contributed by atoms with Crippen LogP contribution in [0.25, 0.3) is 0 Å². The van der Waals surface area contributed by atoms with E-state index in [1.54, 1.807) is 0 Å². The third-order valence-electron chi connectivity index (χ3n) is 2.95. The molecule has 0 bridgehead atoms. The topological polar surface area (TPSA) is 120 Å². The summed E-state index contributed by atoms with van der Waals surface area (Å²) in [7, 11) is 0. The smallest absolute Gasteiger partial charge is 0.550 e. The van der Waals surface area contributed by atoms with Gasteiger partial charge in [-0.2, -0.15) is 0 Å². The Morgan fingerprint density at radius 3 is 0.840 bits per heavy atom. The fourth-order valence-corrected chi connectivity index (χ4v) is 1.56. The number of carboxylic acids is 3. The number of aliphatic carboxylic acids is 3. The Hall–Kier alpha value is -0.850. The van der Waals surface area contributed by atoms with Gasteiger partial charge < -0.3 is 29.7 Å². The normalized spacial score (nSPS) is 8.76. The van der Waals surface area contributed by atoms with Gasteiger partial charge >= 0.3 is 22.4 Å². The predicted molar refractivity (Wildman–Crippen MR) is 87.4 cm³/mol. The molecule has 152 valence electrons. The fourth-order valence-electron chi connectivity index (χ4n) is 1.56. The van der Waals surface area contributed by atoms with E-state index in [1.165, 1.54) is 0 Å². The van der Waals surface area contributed by atoms with Crippen molar-refractivity contribution in [3.8, 4) is 0 Å². The summed E-state index contributed by atoms with van der Waals surface area (Å²) in [6.45, 7) is 6.11. The van der Waals surface area contributed by atoms with Crippen LogP contribution < -0.4 is 15.3 Å². The monoisotopic (exact) mass is 542 g/mol. The maximum Gasteiger partial charge on any atom is 3.00 e. The Morgan fingerprint density at radius 2 is 0.720 bits per heavy atom. The summed E-state index contributed by atoms with van der Waals surface area (Å²) in [5.74, 6) is -2.80. The summed E-state index contributed by atoms with van der Waals surface area (Å²) in [4.78, 5) is 29.3. The quantitative estimate of drug-likeness (QED) is 0.268. The van der Waals surface area contributed by atoms with E-state index in [0.29, 0.717) is 0 Å². The van der Waals surface area contributed by atoms with Gasteiger partial charge in [-0.3, -0.25) is 0 Å². The molecular formula is C18H33AuO6. The van der Waals surface area contributed by atoms with E-state index in [-0.39, 0.29) is 41.6 Å². The van der Waals surface area contributed by atoms with Crippen molar-refractivity contribution in [3.05, 3.63) is 0 Å². The number of carboxylic acid groups (broad SMARTS) is 3. The summed E-state index contributed by atoms with van der Waals surface area (Å²) in [5.41, 5.74) is 0. The molecule has 0 aromatic rings. The molecular weight excluding hydrogens is 509 g/mol. The Morgan fingerprint density at radius 1 is 0.520 bits per heavy atom. The molecule has 0 amide bonds. The third-order valence-corrected chi connectivity index (χ3v) is 2.95. The van der Waals surface area contributed by atoms with Gasteiger partial charge in [-0.1, -0.05) is 59.3 Å². The van der Waals surface area contributed by atoms with Crippen LogP contribution in [-0.2, 0) is 36.8 Å². The zero-order valence-electron chi connectivity index (χ0n) is 15.7. The first-order valence-corrected chi connectivity index (χ1v) is 8.91. The summed E-state index contributed by atoms with van der Waals surface area (Å²) in [6.07, 6.45) is 9.11. The Kier molecular flexibility index (Phi) is 35.7. The maximum absolute atomic E-state index is 9.76. The molecule has 0 heterocycles. The van der Waals surface area contributed by atoms with E-state index in [2.05, 4.69) is 0 Å². The van der Waals surface area contributed by atoms with Gasteiger partial charge in [0.1, 0.15) is 0 Å². The number of carbonyl (C=O) groups is 3. The molecule has 0 aromatic heterocycles. The molecule has 0 fully saturated rings. The molecule has 0 saturated carbocycles. The zero-order valence-corrected chi connectivity index (χ0v) is 17.9. The summed E-state index contributed by atoms with van der Waals surface area (Å²) in [5, 5.41) is 29.3. The molecule has 0 radical (unpaired) electrons. The van der Waals surface area contributed by atoms with Crippen molar-refractivity contribution in [1.82, 2.24) is 0 Å². The largest absolute Gasteiger partial charge is 3.00 e. The molecule has 0 unspecified atom stereocenters. The molecule has 25 heavy (non-hydrogen) atoms. The van der Waals surface area contributed by atoms with E-state index in [1.807, 2.05) is 20.8 Å². The summed E-state index contributed by atoms with van der Waals surface area (Å²) in [6, 6.07) is 0. The minimum absolute atomic E-state index is 0. The van der Waals surface area contributed by atoms with Crippen LogP contribution in [0.5, 0.6) is 0 Å². The molecule has 0 rings (SSSR count). The Labute approximate surface area is 167 Å². The number of hydrogen-bond donors (Lipinski definition) is 0. The average Bonchev–Trinajstić information content (AvgIpc) is 2.48. The molecule has 0 atom stereocenters. The van der Waals surface area contributed by atoms with Crippen molar-refractivity contribution >= 4 is 17.9 Å². The van der Waals surface area contributed by atoms with Crippen molar-refractivity contribution in [2.24, 2.45) is 0 Å². The number of hydrogen-bond acceptors (Lipinski definition) is 6. The van der Waals surface area contributed by atoms with E-state index in [0.717, 1.165) is 57.8 Å². The van der Waals surface area contributed by atoms with Crippen molar-refractivity contribution in [2.45, 2.75) is 97.8 Å². The van der Waals surface area contributed by atoms with Gasteiger partial charge in [-0.25, -0.2) is 0 Å². The van der Waals surface area contributed by atoms with Crippen LogP contribution in [0.4, 0.5) is 0 Å². The van der Waals surface area contributed by atoms with Gasteiger partial charge in [0.25, 0.3) is 0 Å². The first-order valence-electron chi connectivity index (χ1n) is 8.91. The SMILES string of the molecule is CCCCCC(=O)[O-].CCCCCC(=O)[O-].CCCCCC(=O)[O-].[Au+3]. The maximum atomic E-state index is 9.76. The van der Waals surface area contributed by atoms with Crippen LogP contribution in [0.1, 0.15) is 97.8 Å². The van der Waals surface area contributed by atoms with Crippen LogP contribution in [-0.4, -0.2) is 17.9 Å². The van der Waals surface area contributed by atoms with Crippen molar-refractivity contribution in [2.75, 3.05) is 0 Å². The van der Waals surface area contributed by atoms with E-state index >= 15 is 0 Å². The Bertz CT molecular complexity index is 260. The van der Waals surface area contributed by atoms with Gasteiger partial charge in [0.15, 0.2) is 0 Å². The molecule has 0 saturated heterocycles. The minimum atomic E-state index is -0.932. The zero-order chi connectivity index (χ0) is 19.2. The molecule has 0 aliphatic rings. The standard InChI is InChI=1S/3C6H12O2.Au/c3*1-2-3-4-5-6(7)8;/h3*2-5H2,1H3,(H,7,8);/q;;;+3/p-3. The Balaban J connectivity index is -0.000000130. The van der Waals surface area contributed by atoms with Crippen molar-refractivity contribution in [3.63, 3.8) is 0 Å². The van der Waals surface area contributed by atoms with Gasteiger partial charge in [0.05, 0.1) is 0 Å². The van der Waals surface area contributed by atoms with E-state index in [4.69, 9.17) is 0 Å². The number of carbonyl (C=O) groups excluding carboxylic acids is 3. The second kappa shape index (κ2) is 28.0. The van der Waals surface area contributed by atoms with Gasteiger partial charge in [0.2, 0.25) is 0 Å². The van der Waals surface area contributed by atoms with Crippen LogP contribution in [0, 0.1) is 0 Å². The van der Waals surface area contributed by atoms with E-state index in [9.17, 15) is 29.7 Å². The molecule has 6 nitrogen and oxygen atoms in total. The van der Waals surface area contributed by atoms with Crippen molar-refractivity contribution < 1.29 is 52.1 Å². The van der Waals surface area contributed by atoms with Gasteiger partial charge in [0, 0.05) is 17.9 Å². The van der Waals surface area contributed by atoms with Crippen molar-refractivity contribution in [1.29, 1.82) is 0 Å². The molecule has 0 aromatic carbocycles.